The molecule has 20 atom stereocenters. The predicted molar refractivity (Wildman–Crippen MR) is 541 cm³/mol. The minimum Gasteiger partial charge on any atom is -0.508 e. The van der Waals surface area contributed by atoms with E-state index in [1.54, 1.807) is 26.6 Å². The molecular formula is C115H148N6O17S2. The molecule has 9 fully saturated rings. The van der Waals surface area contributed by atoms with Crippen LogP contribution < -0.4 is 34.9 Å². The van der Waals surface area contributed by atoms with E-state index in [9.17, 15) is 58.8 Å². The molecule has 5 aromatic carbocycles. The van der Waals surface area contributed by atoms with Crippen LogP contribution in [0.15, 0.2) is 79.1 Å². The Labute approximate surface area is 834 Å². The van der Waals surface area contributed by atoms with Gasteiger partial charge in [0.25, 0.3) is 0 Å². The van der Waals surface area contributed by atoms with Crippen molar-refractivity contribution in [2.24, 2.45) is 92.7 Å². The maximum Gasteiger partial charge on any atom is 0.231 e. The molecule has 25 heteroatoms. The number of ether oxygens (including phenoxy) is 5. The summed E-state index contributed by atoms with van der Waals surface area (Å²) < 4.78 is 27.0. The summed E-state index contributed by atoms with van der Waals surface area (Å²) >= 11 is 2.98. The fourth-order valence-electron chi connectivity index (χ4n) is 30.5. The molecule has 0 spiro atoms. The highest BCUT2D eigenvalue weighted by atomic mass is 32.1. The SMILES string of the molecule is CCCc1cc2c(cc1O)CCC1C2CC[C@]2(C)C(=O)C[C@@H](CCCC(=O)NCc3ccc4c(c3)OCO4)C12.CCc1cc2c(cc1O)CCC1C2CC[C@]2(C)C(=O)C[C@@H](CCCC(=O)Nc3ncc(C)s3)C12.COc1cc2c(cc1O)CCC1C2CC[C@]2(C)C(=O)C[C@@H](CCCC(=O)Nc3ncc(C)s3)C12.COc1cc2c(cc1O)CC[C@H]1[C@@H]3[C@H](CCCC(=O)N4CCOCC4)CC(=O)[C@@]3(C)CC[C@H]21. The van der Waals surface area contributed by atoms with Gasteiger partial charge in [-0.1, -0.05) is 66.2 Å². The average molecular weight is 1950 g/mol. The summed E-state index contributed by atoms with van der Waals surface area (Å²) in [5.74, 6) is 12.6. The first-order chi connectivity index (χ1) is 67.4. The second-order valence-electron chi connectivity index (χ2n) is 44.8. The first-order valence-electron chi connectivity index (χ1n) is 53.0. The Morgan fingerprint density at radius 3 is 1.22 bits per heavy atom. The van der Waals surface area contributed by atoms with E-state index in [1.807, 2.05) is 73.3 Å². The second kappa shape index (κ2) is 42.3. The lowest BCUT2D eigenvalue weighted by Crippen LogP contribution is -2.44. The van der Waals surface area contributed by atoms with Gasteiger partial charge in [0.1, 0.15) is 34.6 Å². The molecule has 7 N–H and O–H groups in total. The van der Waals surface area contributed by atoms with E-state index in [2.05, 4.69) is 79.6 Å². The van der Waals surface area contributed by atoms with Crippen molar-refractivity contribution in [3.05, 3.63) is 150 Å². The first-order valence-corrected chi connectivity index (χ1v) is 54.6. The van der Waals surface area contributed by atoms with Gasteiger partial charge in [-0.25, -0.2) is 9.97 Å². The molecule has 8 saturated carbocycles. The van der Waals surface area contributed by atoms with Gasteiger partial charge in [-0.05, 0) is 385 Å². The number of hydrogen-bond acceptors (Lipinski definition) is 21. The van der Waals surface area contributed by atoms with Gasteiger partial charge in [-0.15, -0.1) is 22.7 Å². The summed E-state index contributed by atoms with van der Waals surface area (Å²) in [5, 5.41) is 51.6. The summed E-state index contributed by atoms with van der Waals surface area (Å²) in [6.07, 6.45) is 33.9. The number of anilines is 2. The molecule has 23 nitrogen and oxygen atoms in total. The minimum atomic E-state index is -0.245. The number of morpholine rings is 1. The topological polar surface area (TPSA) is 329 Å². The van der Waals surface area contributed by atoms with E-state index in [0.717, 1.165) is 211 Å². The van der Waals surface area contributed by atoms with E-state index in [1.165, 1.54) is 67.2 Å². The van der Waals surface area contributed by atoms with Gasteiger partial charge in [0.15, 0.2) is 44.8 Å². The van der Waals surface area contributed by atoms with E-state index in [0.29, 0.717) is 235 Å². The number of phenols is 4. The van der Waals surface area contributed by atoms with E-state index in [-0.39, 0.29) is 63.6 Å². The summed E-state index contributed by atoms with van der Waals surface area (Å²) in [5.41, 5.74) is 12.7. The molecule has 4 heterocycles. The van der Waals surface area contributed by atoms with Crippen molar-refractivity contribution in [3.8, 4) is 46.0 Å². The number of aryl methyl sites for hydroxylation is 8. The highest BCUT2D eigenvalue weighted by Gasteiger charge is 2.63. The molecule has 2 aliphatic heterocycles. The zero-order valence-corrected chi connectivity index (χ0v) is 85.6. The number of hydrogen-bond donors (Lipinski definition) is 7. The zero-order chi connectivity index (χ0) is 98.4. The van der Waals surface area contributed by atoms with Crippen LogP contribution in [0.2, 0.25) is 0 Å². The number of benzene rings is 5. The van der Waals surface area contributed by atoms with E-state index < -0.39 is 0 Å². The zero-order valence-electron chi connectivity index (χ0n) is 84.0. The summed E-state index contributed by atoms with van der Waals surface area (Å²) in [6.45, 7) is 20.4. The lowest BCUT2D eigenvalue weighted by atomic mass is 9.54. The number of carbonyl (C=O) groups excluding carboxylic acids is 8. The maximum absolute atomic E-state index is 13.4. The fraction of sp³-hybridized carbons (Fsp3) is 0.617. The van der Waals surface area contributed by atoms with Crippen LogP contribution in [0.5, 0.6) is 46.0 Å². The minimum absolute atomic E-state index is 0.00134. The first kappa shape index (κ1) is 100. The lowest BCUT2D eigenvalue weighted by molar-refractivity contribution is -0.135. The monoisotopic (exact) mass is 1950 g/mol. The normalized spacial score (nSPS) is 30.3. The Kier molecular flexibility index (Phi) is 30.3. The predicted octanol–water partition coefficient (Wildman–Crippen LogP) is 22.1. The van der Waals surface area contributed by atoms with Crippen LogP contribution in [-0.2, 0) is 88.2 Å². The Hall–Kier alpha value is -9.72. The molecule has 4 amide bonds. The second-order valence-corrected chi connectivity index (χ2v) is 47.3. The number of methoxy groups -OCH3 is 2. The molecule has 1 saturated heterocycles. The van der Waals surface area contributed by atoms with Crippen LogP contribution in [0.3, 0.4) is 0 Å². The van der Waals surface area contributed by atoms with Gasteiger partial charge in [-0.3, -0.25) is 38.4 Å². The number of carbonyl (C=O) groups is 8. The van der Waals surface area contributed by atoms with Gasteiger partial charge in [0.05, 0.1) is 27.4 Å². The smallest absolute Gasteiger partial charge is 0.231 e. The highest BCUT2D eigenvalue weighted by Crippen LogP contribution is 2.68. The lowest BCUT2D eigenvalue weighted by Gasteiger charge is -2.50. The van der Waals surface area contributed by atoms with Gasteiger partial charge in [0.2, 0.25) is 30.4 Å². The molecule has 0 radical (unpaired) electrons. The molecule has 140 heavy (non-hydrogen) atoms. The number of phenolic OH excluding ortho intramolecular Hbond substituents is 4. The van der Waals surface area contributed by atoms with Crippen LogP contribution in [0, 0.1) is 107 Å². The standard InChI is InChI=1S/C33H41NO5.C28H36N2O3S.C27H34N2O4S.C27H37NO5/c1-3-5-22-15-26-21(16-27(22)35)9-10-25-24(26)12-13-33(2)30(36)17-23(32(25)33)6-4-7-31(37)34-18-20-8-11-28-29(14-20)39-19-38-28;1-4-17-12-22-18(13-23(17)31)8-9-21-20(22)10-11-28(3)24(32)14-19(26(21)28)6-5-7-25(33)30-27-29-15-16(2)34-27;1-15-14-28-26(34-15)29-24(32)6-4-5-17-12-23(31)27(2)10-9-18-19(25(17)27)8-7-16-11-21(30)22(33-3)13-20(16)18;1-27-9-8-19-20(7-6-17-14-22(29)23(32-2)16-21(17)19)26(27)18(15-24(27)30)4-3-5-25(31)28-10-12-33-13-11-28/h8,11,14-16,23-25,32,35H,3-7,9-10,12-13,17-19H2,1-2H3,(H,34,37);12-13,15,19-21,26,31H,4-11,14H2,1-3H3,(H,29,30,33);11,13-14,17-19,25,30H,4-10,12H2,1-3H3,(H,28,29,32);14,16,18-20,26,29H,3-13,15H2,1-2H3/t23-,24?,25?,32?,33-;19-,20?,21?,26?,28-;17-,18?,19?,25?,27-;18-,19+,20-,26+,27-/m1111/s1. The Bertz CT molecular complexity index is 5620. The average Bonchev–Trinajstić information content (AvgIpc) is 1.48. The van der Waals surface area contributed by atoms with Crippen LogP contribution >= 0.6 is 22.7 Å². The molecule has 7 aromatic rings. The molecule has 14 aliphatic rings. The van der Waals surface area contributed by atoms with Crippen molar-refractivity contribution >= 4 is 79.7 Å². The van der Waals surface area contributed by atoms with Crippen molar-refractivity contribution in [3.63, 3.8) is 0 Å². The summed E-state index contributed by atoms with van der Waals surface area (Å²) in [7, 11) is 3.20. The number of rotatable bonds is 25. The Morgan fingerprint density at radius 1 is 0.464 bits per heavy atom. The number of thiazole rings is 2. The molecule has 752 valence electrons. The summed E-state index contributed by atoms with van der Waals surface area (Å²) in [6, 6.07) is 22.1. The van der Waals surface area contributed by atoms with Crippen LogP contribution in [-0.4, -0.2) is 129 Å². The largest absolute Gasteiger partial charge is 0.508 e. The number of fused-ring (bicyclic) bond motifs is 21. The molecule has 12 aliphatic carbocycles. The molecule has 2 aromatic heterocycles. The van der Waals surface area contributed by atoms with Crippen LogP contribution in [0.4, 0.5) is 10.3 Å². The van der Waals surface area contributed by atoms with Gasteiger partial charge >= 0.3 is 0 Å². The third-order valence-corrected chi connectivity index (χ3v) is 38.8. The van der Waals surface area contributed by atoms with Gasteiger partial charge in [0, 0.05) is 115 Å². The van der Waals surface area contributed by atoms with Crippen LogP contribution in [0.1, 0.15) is 322 Å². The fourth-order valence-corrected chi connectivity index (χ4v) is 31.8. The Balaban J connectivity index is 0.000000124. The van der Waals surface area contributed by atoms with Crippen molar-refractivity contribution in [1.29, 1.82) is 0 Å². The molecular weight excluding hydrogens is 1800 g/mol. The number of ketones is 4. The quantitative estimate of drug-likeness (QED) is 0.0279. The van der Waals surface area contributed by atoms with Crippen molar-refractivity contribution in [1.82, 2.24) is 20.2 Å². The van der Waals surface area contributed by atoms with E-state index in [4.69, 9.17) is 23.7 Å². The Morgan fingerprint density at radius 2 is 0.836 bits per heavy atom. The summed E-state index contributed by atoms with van der Waals surface area (Å²) in [4.78, 5) is 116. The number of amides is 4. The van der Waals surface area contributed by atoms with Gasteiger partial charge in [-0.2, -0.15) is 0 Å². The number of aromatic nitrogens is 2. The third-order valence-electron chi connectivity index (χ3n) is 37.1. The maximum atomic E-state index is 13.4. The number of aromatic hydroxyl groups is 4. The van der Waals surface area contributed by atoms with Crippen molar-refractivity contribution in [2.75, 3.05) is 57.9 Å². The highest BCUT2D eigenvalue weighted by molar-refractivity contribution is 7.16. The van der Waals surface area contributed by atoms with E-state index >= 15 is 0 Å². The number of Topliss-reactive ketones (excluding diaryl/α,β-unsaturated/α-hetero) is 4. The van der Waals surface area contributed by atoms with Gasteiger partial charge < -0.3 is 65.0 Å². The third kappa shape index (κ3) is 20.1. The van der Waals surface area contributed by atoms with Crippen molar-refractivity contribution in [2.45, 2.75) is 310 Å². The molecule has 9 unspecified atom stereocenters. The molecule has 21 rings (SSSR count). The number of nitrogens with zero attached hydrogens (tertiary/aromatic N) is 3. The molecule has 0 bridgehead atoms. The van der Waals surface area contributed by atoms with Crippen LogP contribution in [0.25, 0.3) is 0 Å². The number of nitrogens with one attached hydrogen (secondary N) is 3. The van der Waals surface area contributed by atoms with Crippen molar-refractivity contribution < 1.29 is 82.5 Å².